The molecule has 0 bridgehead atoms. The van der Waals surface area contributed by atoms with Crippen LogP contribution in [0.2, 0.25) is 0 Å². The Morgan fingerprint density at radius 1 is 1.31 bits per heavy atom. The zero-order valence-corrected chi connectivity index (χ0v) is 9.52. The zero-order chi connectivity index (χ0) is 12.6. The lowest BCUT2D eigenvalue weighted by atomic mass is 10.3. The van der Waals surface area contributed by atoms with Crippen LogP contribution in [0.1, 0.15) is 33.1 Å². The topological polar surface area (TPSA) is 69.7 Å². The van der Waals surface area contributed by atoms with E-state index in [0.717, 1.165) is 6.08 Å². The van der Waals surface area contributed by atoms with Gasteiger partial charge in [0, 0.05) is 12.5 Å². The Kier molecular flexibility index (Phi) is 6.83. The van der Waals surface area contributed by atoms with E-state index in [-0.39, 0.29) is 12.2 Å². The predicted molar refractivity (Wildman–Crippen MR) is 56.4 cm³/mol. The van der Waals surface area contributed by atoms with E-state index >= 15 is 0 Å². The molecular weight excluding hydrogens is 212 g/mol. The highest BCUT2D eigenvalue weighted by molar-refractivity contribution is 5.94. The van der Waals surface area contributed by atoms with E-state index in [1.165, 1.54) is 6.92 Å². The number of carbonyl (C=O) groups excluding carboxylic acids is 3. The fraction of sp³-hybridized carbons (Fsp3) is 0.545. The minimum absolute atomic E-state index is 0.296. The molecule has 0 aromatic heterocycles. The van der Waals surface area contributed by atoms with Crippen molar-refractivity contribution in [3.63, 3.8) is 0 Å². The molecule has 0 aliphatic heterocycles. The van der Waals surface area contributed by atoms with Crippen molar-refractivity contribution < 1.29 is 23.9 Å². The first kappa shape index (κ1) is 14.3. The van der Waals surface area contributed by atoms with E-state index in [4.69, 9.17) is 9.47 Å². The van der Waals surface area contributed by atoms with Crippen molar-refractivity contribution in [2.45, 2.75) is 39.4 Å². The molecule has 0 amide bonds. The van der Waals surface area contributed by atoms with Gasteiger partial charge in [0.25, 0.3) is 0 Å². The molecule has 0 saturated carbocycles. The average molecular weight is 228 g/mol. The summed E-state index contributed by atoms with van der Waals surface area (Å²) < 4.78 is 9.60. The van der Waals surface area contributed by atoms with Crippen LogP contribution in [0.3, 0.4) is 0 Å². The zero-order valence-electron chi connectivity index (χ0n) is 9.52. The Hall–Kier alpha value is -1.65. The highest BCUT2D eigenvalue weighted by atomic mass is 16.7. The summed E-state index contributed by atoms with van der Waals surface area (Å²) in [4.78, 5) is 32.7. The third kappa shape index (κ3) is 6.75. The SMILES string of the molecule is C=CC(=O)OC(CCC)OC(=O)CC(C)=O. The lowest BCUT2D eigenvalue weighted by molar-refractivity contribution is -0.185. The highest BCUT2D eigenvalue weighted by Crippen LogP contribution is 2.06. The third-order valence-electron chi connectivity index (χ3n) is 1.59. The summed E-state index contributed by atoms with van der Waals surface area (Å²) in [6, 6.07) is 0. The van der Waals surface area contributed by atoms with Crippen molar-refractivity contribution in [1.82, 2.24) is 0 Å². The van der Waals surface area contributed by atoms with Crippen molar-refractivity contribution in [3.8, 4) is 0 Å². The summed E-state index contributed by atoms with van der Waals surface area (Å²) in [6.45, 7) is 6.37. The first-order chi connectivity index (χ1) is 7.49. The molecule has 0 aromatic rings. The third-order valence-corrected chi connectivity index (χ3v) is 1.59. The number of rotatable bonds is 7. The van der Waals surface area contributed by atoms with Crippen LogP contribution in [0, 0.1) is 0 Å². The van der Waals surface area contributed by atoms with Gasteiger partial charge in [0.2, 0.25) is 6.29 Å². The second-order valence-corrected chi connectivity index (χ2v) is 3.23. The molecular formula is C11H16O5. The number of carbonyl (C=O) groups is 3. The van der Waals surface area contributed by atoms with Crippen LogP contribution >= 0.6 is 0 Å². The highest BCUT2D eigenvalue weighted by Gasteiger charge is 2.17. The van der Waals surface area contributed by atoms with E-state index in [1.54, 1.807) is 0 Å². The van der Waals surface area contributed by atoms with E-state index in [0.29, 0.717) is 12.8 Å². The monoisotopic (exact) mass is 228 g/mol. The van der Waals surface area contributed by atoms with Crippen molar-refractivity contribution in [1.29, 1.82) is 0 Å². The molecule has 0 aliphatic rings. The summed E-state index contributed by atoms with van der Waals surface area (Å²) in [7, 11) is 0. The smallest absolute Gasteiger partial charge is 0.333 e. The molecule has 0 N–H and O–H groups in total. The Morgan fingerprint density at radius 3 is 2.38 bits per heavy atom. The fourth-order valence-electron chi connectivity index (χ4n) is 0.947. The van der Waals surface area contributed by atoms with Gasteiger partial charge in [0.1, 0.15) is 12.2 Å². The molecule has 0 spiro atoms. The van der Waals surface area contributed by atoms with Crippen LogP contribution in [0.5, 0.6) is 0 Å². The van der Waals surface area contributed by atoms with Gasteiger partial charge in [-0.05, 0) is 13.3 Å². The molecule has 0 fully saturated rings. The van der Waals surface area contributed by atoms with Crippen molar-refractivity contribution in [2.75, 3.05) is 0 Å². The van der Waals surface area contributed by atoms with E-state index in [9.17, 15) is 14.4 Å². The maximum absolute atomic E-state index is 11.1. The normalized spacial score (nSPS) is 11.4. The molecule has 0 radical (unpaired) electrons. The van der Waals surface area contributed by atoms with Gasteiger partial charge < -0.3 is 9.47 Å². The van der Waals surface area contributed by atoms with Crippen LogP contribution in [0.15, 0.2) is 12.7 Å². The molecule has 5 nitrogen and oxygen atoms in total. The van der Waals surface area contributed by atoms with Gasteiger partial charge in [-0.15, -0.1) is 0 Å². The molecule has 0 aliphatic carbocycles. The number of ether oxygens (including phenoxy) is 2. The van der Waals surface area contributed by atoms with Crippen molar-refractivity contribution in [2.24, 2.45) is 0 Å². The minimum Gasteiger partial charge on any atom is -0.425 e. The lowest BCUT2D eigenvalue weighted by Gasteiger charge is -2.16. The number of hydrogen-bond donors (Lipinski definition) is 0. The van der Waals surface area contributed by atoms with Crippen LogP contribution < -0.4 is 0 Å². The van der Waals surface area contributed by atoms with Crippen LogP contribution in [-0.2, 0) is 23.9 Å². The van der Waals surface area contributed by atoms with Crippen LogP contribution in [0.4, 0.5) is 0 Å². The Labute approximate surface area is 94.4 Å². The molecule has 16 heavy (non-hydrogen) atoms. The minimum atomic E-state index is -0.942. The number of ketones is 1. The molecule has 5 heteroatoms. The summed E-state index contributed by atoms with van der Waals surface area (Å²) in [5.41, 5.74) is 0. The lowest BCUT2D eigenvalue weighted by Crippen LogP contribution is -2.24. The van der Waals surface area contributed by atoms with Gasteiger partial charge in [0.15, 0.2) is 0 Å². The van der Waals surface area contributed by atoms with Gasteiger partial charge in [-0.3, -0.25) is 9.59 Å². The first-order valence-electron chi connectivity index (χ1n) is 5.01. The van der Waals surface area contributed by atoms with Crippen molar-refractivity contribution >= 4 is 17.7 Å². The second kappa shape index (κ2) is 7.62. The van der Waals surface area contributed by atoms with E-state index in [1.807, 2.05) is 6.92 Å². The standard InChI is InChI=1S/C11H16O5/c1-4-6-11(15-9(13)5-2)16-10(14)7-8(3)12/h5,11H,2,4,6-7H2,1,3H3. The maximum atomic E-state index is 11.1. The molecule has 1 atom stereocenters. The van der Waals surface area contributed by atoms with Crippen molar-refractivity contribution in [3.05, 3.63) is 12.7 Å². The number of hydrogen-bond acceptors (Lipinski definition) is 5. The van der Waals surface area contributed by atoms with Crippen LogP contribution in [-0.4, -0.2) is 24.0 Å². The number of esters is 2. The summed E-state index contributed by atoms with van der Waals surface area (Å²) in [6.07, 6.45) is 0.807. The Balaban J connectivity index is 4.20. The van der Waals surface area contributed by atoms with Crippen LogP contribution in [0.25, 0.3) is 0 Å². The Morgan fingerprint density at radius 2 is 1.94 bits per heavy atom. The van der Waals surface area contributed by atoms with E-state index < -0.39 is 18.2 Å². The largest absolute Gasteiger partial charge is 0.425 e. The molecule has 1 unspecified atom stereocenters. The van der Waals surface area contributed by atoms with Gasteiger partial charge in [0.05, 0.1) is 0 Å². The fourth-order valence-corrected chi connectivity index (χ4v) is 0.947. The van der Waals surface area contributed by atoms with Gasteiger partial charge >= 0.3 is 11.9 Å². The van der Waals surface area contributed by atoms with E-state index in [2.05, 4.69) is 6.58 Å². The molecule has 0 heterocycles. The Bertz CT molecular complexity index is 282. The van der Waals surface area contributed by atoms with Gasteiger partial charge in [-0.1, -0.05) is 13.5 Å². The first-order valence-corrected chi connectivity index (χ1v) is 5.01. The molecule has 0 rings (SSSR count). The average Bonchev–Trinajstić information content (AvgIpc) is 2.16. The summed E-state index contributed by atoms with van der Waals surface area (Å²) >= 11 is 0. The molecule has 0 saturated heterocycles. The maximum Gasteiger partial charge on any atom is 0.333 e. The number of Topliss-reactive ketones (excluding diaryl/α,β-unsaturated/α-hetero) is 1. The second-order valence-electron chi connectivity index (χ2n) is 3.23. The summed E-state index contributed by atoms with van der Waals surface area (Å²) in [5, 5.41) is 0. The molecule has 90 valence electrons. The quantitative estimate of drug-likeness (QED) is 0.285. The summed E-state index contributed by atoms with van der Waals surface area (Å²) in [5.74, 6) is -1.65. The van der Waals surface area contributed by atoms with Gasteiger partial charge in [-0.25, -0.2) is 4.79 Å². The molecule has 0 aromatic carbocycles. The van der Waals surface area contributed by atoms with Gasteiger partial charge in [-0.2, -0.15) is 0 Å². The predicted octanol–water partition coefficient (Wildman–Crippen LogP) is 1.36.